The van der Waals surface area contributed by atoms with E-state index >= 15 is 0 Å². The molecular formula is C7H14N2O4. The topological polar surface area (TPSA) is 102 Å². The van der Waals surface area contributed by atoms with Gasteiger partial charge in [-0.25, -0.2) is 4.79 Å². The predicted octanol–water partition coefficient (Wildman–Crippen LogP) is -1.03. The van der Waals surface area contributed by atoms with Crippen LogP contribution in [0.3, 0.4) is 0 Å². The second-order valence-corrected chi connectivity index (χ2v) is 2.75. The van der Waals surface area contributed by atoms with Gasteiger partial charge in [0.05, 0.1) is 12.6 Å². The zero-order valence-corrected chi connectivity index (χ0v) is 7.61. The van der Waals surface area contributed by atoms with Crippen LogP contribution in [-0.4, -0.2) is 35.9 Å². The minimum atomic E-state index is -1.38. The first kappa shape index (κ1) is 11.7. The highest BCUT2D eigenvalue weighted by molar-refractivity contribution is 5.79. The predicted molar refractivity (Wildman–Crippen MR) is 44.8 cm³/mol. The number of carbonyl (C=O) groups excluding carboxylic acids is 2. The fraction of sp³-hybridized carbons (Fsp3) is 0.714. The molecule has 76 valence electrons. The lowest BCUT2D eigenvalue weighted by molar-refractivity contribution is -0.125. The van der Waals surface area contributed by atoms with Crippen LogP contribution >= 0.6 is 0 Å². The number of primary amides is 1. The van der Waals surface area contributed by atoms with Crippen molar-refractivity contribution < 1.29 is 19.4 Å². The molecule has 13 heavy (non-hydrogen) atoms. The molecule has 1 atom stereocenters. The molecular weight excluding hydrogens is 176 g/mol. The van der Waals surface area contributed by atoms with E-state index in [0.717, 1.165) is 0 Å². The van der Waals surface area contributed by atoms with Crippen molar-refractivity contribution in [3.63, 3.8) is 0 Å². The van der Waals surface area contributed by atoms with Gasteiger partial charge in [-0.15, -0.1) is 0 Å². The summed E-state index contributed by atoms with van der Waals surface area (Å²) in [4.78, 5) is 21.1. The van der Waals surface area contributed by atoms with Gasteiger partial charge in [0.1, 0.15) is 6.10 Å². The van der Waals surface area contributed by atoms with E-state index in [0.29, 0.717) is 0 Å². The molecule has 0 aliphatic rings. The molecule has 0 heterocycles. The Morgan fingerprint density at radius 1 is 1.54 bits per heavy atom. The number of hydrogen-bond acceptors (Lipinski definition) is 4. The van der Waals surface area contributed by atoms with Gasteiger partial charge in [0.15, 0.2) is 0 Å². The molecule has 0 saturated heterocycles. The number of alkyl carbamates (subject to hydrolysis) is 1. The van der Waals surface area contributed by atoms with Crippen molar-refractivity contribution in [3.05, 3.63) is 0 Å². The van der Waals surface area contributed by atoms with Crippen LogP contribution in [0.5, 0.6) is 0 Å². The molecule has 2 amide bonds. The first-order valence-corrected chi connectivity index (χ1v) is 3.85. The van der Waals surface area contributed by atoms with Crippen molar-refractivity contribution >= 4 is 12.0 Å². The summed E-state index contributed by atoms with van der Waals surface area (Å²) in [6, 6.07) is 0. The summed E-state index contributed by atoms with van der Waals surface area (Å²) in [5.74, 6) is -0.884. The van der Waals surface area contributed by atoms with Crippen molar-refractivity contribution in [3.8, 4) is 0 Å². The van der Waals surface area contributed by atoms with E-state index in [2.05, 4.69) is 10.1 Å². The van der Waals surface area contributed by atoms with Crippen molar-refractivity contribution in [2.24, 2.45) is 5.73 Å². The molecule has 0 bridgehead atoms. The van der Waals surface area contributed by atoms with Crippen LogP contribution in [0, 0.1) is 0 Å². The second kappa shape index (κ2) is 5.36. The summed E-state index contributed by atoms with van der Waals surface area (Å²) in [7, 11) is 0. The Bertz CT molecular complexity index is 193. The number of aliphatic hydroxyl groups excluding tert-OH is 1. The number of amides is 2. The average Bonchev–Trinajstić information content (AvgIpc) is 1.98. The van der Waals surface area contributed by atoms with Gasteiger partial charge in [0.25, 0.3) is 0 Å². The molecule has 0 spiro atoms. The maximum absolute atomic E-state index is 10.8. The summed E-state index contributed by atoms with van der Waals surface area (Å²) < 4.78 is 4.67. The summed E-state index contributed by atoms with van der Waals surface area (Å²) in [6.07, 6.45) is -2.30. The lowest BCUT2D eigenvalue weighted by atomic mass is 10.3. The van der Waals surface area contributed by atoms with E-state index < -0.39 is 18.1 Å². The first-order chi connectivity index (χ1) is 5.93. The Labute approximate surface area is 76.0 Å². The smallest absolute Gasteiger partial charge is 0.407 e. The van der Waals surface area contributed by atoms with Crippen molar-refractivity contribution in [2.75, 3.05) is 6.54 Å². The quantitative estimate of drug-likeness (QED) is 0.527. The molecule has 0 aromatic rings. The zero-order valence-electron chi connectivity index (χ0n) is 7.61. The highest BCUT2D eigenvalue weighted by Crippen LogP contribution is 1.88. The maximum Gasteiger partial charge on any atom is 0.407 e. The number of hydrogen-bond donors (Lipinski definition) is 3. The molecule has 0 rings (SSSR count). The number of aliphatic hydroxyl groups is 1. The number of rotatable bonds is 4. The van der Waals surface area contributed by atoms with Gasteiger partial charge in [-0.2, -0.15) is 0 Å². The second-order valence-electron chi connectivity index (χ2n) is 2.75. The number of nitrogens with one attached hydrogen (secondary N) is 1. The Morgan fingerprint density at radius 3 is 2.46 bits per heavy atom. The largest absolute Gasteiger partial charge is 0.447 e. The summed E-state index contributed by atoms with van der Waals surface area (Å²) in [5.41, 5.74) is 4.74. The van der Waals surface area contributed by atoms with Gasteiger partial charge < -0.3 is 20.9 Å². The molecule has 0 radical (unpaired) electrons. The van der Waals surface area contributed by atoms with Crippen LogP contribution in [0.4, 0.5) is 4.79 Å². The van der Waals surface area contributed by atoms with E-state index in [1.165, 1.54) is 0 Å². The Balaban J connectivity index is 3.64. The summed E-state index contributed by atoms with van der Waals surface area (Å²) >= 11 is 0. The van der Waals surface area contributed by atoms with Crippen LogP contribution in [0.15, 0.2) is 0 Å². The molecule has 0 aliphatic heterocycles. The van der Waals surface area contributed by atoms with Crippen molar-refractivity contribution in [1.29, 1.82) is 0 Å². The normalized spacial score (nSPS) is 12.3. The summed E-state index contributed by atoms with van der Waals surface area (Å²) in [6.45, 7) is 3.13. The van der Waals surface area contributed by atoms with Gasteiger partial charge in [-0.3, -0.25) is 4.79 Å². The zero-order chi connectivity index (χ0) is 10.4. The molecule has 6 nitrogen and oxygen atoms in total. The molecule has 0 aromatic heterocycles. The lowest BCUT2D eigenvalue weighted by Gasteiger charge is -2.10. The standard InChI is InChI=1S/C7H14N2O4/c1-4(2)13-7(12)9-3-5(10)6(8)11/h4-5,10H,3H2,1-2H3,(H2,8,11)(H,9,12). The number of nitrogens with two attached hydrogens (primary N) is 1. The SMILES string of the molecule is CC(C)OC(=O)NCC(O)C(N)=O. The third kappa shape index (κ3) is 5.92. The van der Waals surface area contributed by atoms with Gasteiger partial charge in [0, 0.05) is 0 Å². The van der Waals surface area contributed by atoms with E-state index in [1.807, 2.05) is 0 Å². The molecule has 0 aliphatic carbocycles. The molecule has 4 N–H and O–H groups in total. The van der Waals surface area contributed by atoms with Crippen molar-refractivity contribution in [1.82, 2.24) is 5.32 Å². The Hall–Kier alpha value is -1.30. The summed E-state index contributed by atoms with van der Waals surface area (Å²) in [5, 5.41) is 11.0. The maximum atomic E-state index is 10.8. The minimum absolute atomic E-state index is 0.235. The van der Waals surface area contributed by atoms with Gasteiger partial charge in [0.2, 0.25) is 5.91 Å². The molecule has 6 heteroatoms. The molecule has 0 saturated carbocycles. The fourth-order valence-electron chi connectivity index (χ4n) is 0.536. The van der Waals surface area contributed by atoms with Crippen LogP contribution in [-0.2, 0) is 9.53 Å². The van der Waals surface area contributed by atoms with E-state index in [1.54, 1.807) is 13.8 Å². The minimum Gasteiger partial charge on any atom is -0.447 e. The molecule has 0 aromatic carbocycles. The highest BCUT2D eigenvalue weighted by atomic mass is 16.6. The van der Waals surface area contributed by atoms with Crippen molar-refractivity contribution in [2.45, 2.75) is 26.1 Å². The Morgan fingerprint density at radius 2 is 2.08 bits per heavy atom. The van der Waals surface area contributed by atoms with Crippen LogP contribution in [0.25, 0.3) is 0 Å². The van der Waals surface area contributed by atoms with Crippen LogP contribution in [0.1, 0.15) is 13.8 Å². The van der Waals surface area contributed by atoms with E-state index in [9.17, 15) is 9.59 Å². The number of carbonyl (C=O) groups is 2. The first-order valence-electron chi connectivity index (χ1n) is 3.85. The third-order valence-electron chi connectivity index (χ3n) is 1.11. The van der Waals surface area contributed by atoms with E-state index in [-0.39, 0.29) is 12.6 Å². The molecule has 1 unspecified atom stereocenters. The van der Waals surface area contributed by atoms with Gasteiger partial charge in [-0.1, -0.05) is 0 Å². The van der Waals surface area contributed by atoms with Crippen LogP contribution < -0.4 is 11.1 Å². The Kier molecular flexibility index (Phi) is 4.83. The highest BCUT2D eigenvalue weighted by Gasteiger charge is 2.12. The van der Waals surface area contributed by atoms with Gasteiger partial charge >= 0.3 is 6.09 Å². The number of ether oxygens (including phenoxy) is 1. The van der Waals surface area contributed by atoms with Crippen LogP contribution in [0.2, 0.25) is 0 Å². The lowest BCUT2D eigenvalue weighted by Crippen LogP contribution is -2.40. The monoisotopic (exact) mass is 190 g/mol. The molecule has 0 fully saturated rings. The fourth-order valence-corrected chi connectivity index (χ4v) is 0.536. The third-order valence-corrected chi connectivity index (χ3v) is 1.11. The average molecular weight is 190 g/mol. The van der Waals surface area contributed by atoms with E-state index in [4.69, 9.17) is 10.8 Å². The van der Waals surface area contributed by atoms with Gasteiger partial charge in [-0.05, 0) is 13.8 Å².